The van der Waals surface area contributed by atoms with Crippen LogP contribution in [0.5, 0.6) is 0 Å². The van der Waals surface area contributed by atoms with Crippen molar-refractivity contribution in [2.24, 2.45) is 38.9 Å². The van der Waals surface area contributed by atoms with Crippen molar-refractivity contribution in [1.29, 1.82) is 0 Å². The van der Waals surface area contributed by atoms with Crippen molar-refractivity contribution in [3.05, 3.63) is 12.7 Å². The highest BCUT2D eigenvalue weighted by atomic mass is 32.2. The van der Waals surface area contributed by atoms with Crippen molar-refractivity contribution in [3.63, 3.8) is 0 Å². The van der Waals surface area contributed by atoms with E-state index in [0.29, 0.717) is 32.4 Å². The molecule has 302 valence electrons. The molecule has 0 aromatic rings. The summed E-state index contributed by atoms with van der Waals surface area (Å²) in [6.45, 7) is 21.4. The fourth-order valence-corrected chi connectivity index (χ4v) is 11.8. The van der Waals surface area contributed by atoms with Crippen LogP contribution in [0.2, 0.25) is 0 Å². The molecule has 5 amide bonds. The molecule has 4 saturated carbocycles. The molecule has 2 saturated heterocycles. The zero-order valence-corrected chi connectivity index (χ0v) is 34.7. The van der Waals surface area contributed by atoms with E-state index in [1.165, 1.54) is 0 Å². The Balaban J connectivity index is 1.27. The minimum atomic E-state index is -3.87. The maximum atomic E-state index is 15.0. The van der Waals surface area contributed by atoms with Crippen molar-refractivity contribution in [1.82, 2.24) is 30.5 Å². The average Bonchev–Trinajstić information content (AvgIpc) is 3.98. The summed E-state index contributed by atoms with van der Waals surface area (Å²) in [7, 11) is -1.89. The lowest BCUT2D eigenvalue weighted by atomic mass is 9.73. The molecule has 2 heterocycles. The van der Waals surface area contributed by atoms with Gasteiger partial charge in [0.05, 0.1) is 11.2 Å². The van der Waals surface area contributed by atoms with Crippen LogP contribution in [0, 0.1) is 38.9 Å². The maximum Gasteiger partial charge on any atom is 0.259 e. The van der Waals surface area contributed by atoms with Crippen LogP contribution in [0.15, 0.2) is 12.7 Å². The van der Waals surface area contributed by atoms with Gasteiger partial charge in [0.1, 0.15) is 23.7 Å². The molecular formula is C40H64N6O7S. The predicted molar refractivity (Wildman–Crippen MR) is 205 cm³/mol. The summed E-state index contributed by atoms with van der Waals surface area (Å²) in [5.41, 5.74) is -3.42. The Bertz CT molecular complexity index is 1710. The topological polar surface area (TPSA) is 174 Å². The van der Waals surface area contributed by atoms with Crippen molar-refractivity contribution in [3.8, 4) is 0 Å². The number of nitrogens with zero attached hydrogens (tertiary/aromatic N) is 2. The molecule has 2 spiro atoms. The van der Waals surface area contributed by atoms with Gasteiger partial charge in [0, 0.05) is 24.4 Å². The van der Waals surface area contributed by atoms with Gasteiger partial charge in [-0.15, -0.1) is 6.58 Å². The van der Waals surface area contributed by atoms with E-state index in [4.69, 9.17) is 0 Å². The molecule has 0 bridgehead atoms. The van der Waals surface area contributed by atoms with Gasteiger partial charge in [-0.3, -0.25) is 28.7 Å². The van der Waals surface area contributed by atoms with Crippen LogP contribution in [-0.4, -0.2) is 103 Å². The molecule has 0 unspecified atom stereocenters. The third-order valence-corrected chi connectivity index (χ3v) is 16.3. The fourth-order valence-electron chi connectivity index (χ4n) is 10.4. The highest BCUT2D eigenvalue weighted by molar-refractivity contribution is 7.91. The molecule has 4 aliphatic carbocycles. The Labute approximate surface area is 322 Å². The molecule has 0 aromatic carbocycles. The second kappa shape index (κ2) is 13.3. The summed E-state index contributed by atoms with van der Waals surface area (Å²) in [6.07, 6.45) is 7.84. The zero-order valence-electron chi connectivity index (χ0n) is 33.9. The molecule has 14 heteroatoms. The number of sulfonamides is 1. The van der Waals surface area contributed by atoms with Crippen LogP contribution in [0.3, 0.4) is 0 Å². The van der Waals surface area contributed by atoms with Gasteiger partial charge in [-0.2, -0.15) is 0 Å². The molecule has 6 rings (SSSR count). The standard InChI is InChI=1S/C40H64N6O7S/c1-11-25-20-40(25,34(51)44-54(52,53)26-15-16-26)43-31(48)27-21-39(37(8,9)38(39)17-13-18-38)23-46(27)33(50)29(36(5,6)7)42-32(49)28(35(2,3)4)41-30(47)24-14-12-19-45(10)22-24/h11,24-29H,1,12-23H2,2-10H3,(H,41,47)(H,42,49)(H,43,48)(H,44,51)/t24-,25-,27+,28-,29-,39-,40-/m1/s1. The Morgan fingerprint density at radius 1 is 0.852 bits per heavy atom. The molecule has 4 N–H and O–H groups in total. The number of hydrogen-bond donors (Lipinski definition) is 4. The monoisotopic (exact) mass is 772 g/mol. The van der Waals surface area contributed by atoms with Crippen LogP contribution >= 0.6 is 0 Å². The van der Waals surface area contributed by atoms with Crippen molar-refractivity contribution in [2.75, 3.05) is 26.7 Å². The lowest BCUT2D eigenvalue weighted by molar-refractivity contribution is -0.145. The molecule has 0 radical (unpaired) electrons. The molecule has 13 nitrogen and oxygen atoms in total. The Hall–Kier alpha value is -3.00. The Morgan fingerprint density at radius 3 is 1.96 bits per heavy atom. The number of nitrogens with one attached hydrogen (secondary N) is 4. The predicted octanol–water partition coefficient (Wildman–Crippen LogP) is 2.86. The van der Waals surface area contributed by atoms with E-state index in [1.54, 1.807) is 11.0 Å². The third kappa shape index (κ3) is 6.68. The van der Waals surface area contributed by atoms with E-state index in [0.717, 1.165) is 38.6 Å². The molecule has 6 fully saturated rings. The number of carbonyl (C=O) groups is 5. The lowest BCUT2D eigenvalue weighted by Crippen LogP contribution is -2.63. The van der Waals surface area contributed by atoms with Crippen molar-refractivity contribution in [2.45, 2.75) is 142 Å². The Morgan fingerprint density at radius 2 is 1.48 bits per heavy atom. The number of hydrogen-bond acceptors (Lipinski definition) is 8. The highest BCUT2D eigenvalue weighted by Gasteiger charge is 2.85. The van der Waals surface area contributed by atoms with Crippen LogP contribution in [0.1, 0.15) is 113 Å². The number of carbonyl (C=O) groups excluding carboxylic acids is 5. The molecule has 2 aliphatic heterocycles. The molecule has 7 atom stereocenters. The second-order valence-corrected chi connectivity index (χ2v) is 22.2. The van der Waals surface area contributed by atoms with Crippen LogP contribution in [-0.2, 0) is 34.0 Å². The van der Waals surface area contributed by atoms with Gasteiger partial charge in [0.2, 0.25) is 33.7 Å². The van der Waals surface area contributed by atoms with Gasteiger partial charge in [-0.05, 0) is 86.6 Å². The van der Waals surface area contributed by atoms with Crippen molar-refractivity contribution >= 4 is 39.6 Å². The molecule has 0 aromatic heterocycles. The lowest BCUT2D eigenvalue weighted by Gasteiger charge is -2.39. The van der Waals surface area contributed by atoms with Gasteiger partial charge in [0.25, 0.3) is 5.91 Å². The summed E-state index contributed by atoms with van der Waals surface area (Å²) in [6, 6.07) is -2.91. The quantitative estimate of drug-likeness (QED) is 0.232. The number of fused-ring (bicyclic) bond motifs is 1. The second-order valence-electron chi connectivity index (χ2n) is 20.2. The summed E-state index contributed by atoms with van der Waals surface area (Å²) in [5, 5.41) is 8.38. The van der Waals surface area contributed by atoms with E-state index in [9.17, 15) is 27.6 Å². The van der Waals surface area contributed by atoms with Crippen LogP contribution < -0.4 is 20.7 Å². The fraction of sp³-hybridized carbons (Fsp3) is 0.825. The zero-order chi connectivity index (χ0) is 40.0. The van der Waals surface area contributed by atoms with E-state index >= 15 is 4.79 Å². The van der Waals surface area contributed by atoms with E-state index in [2.05, 4.69) is 46.0 Å². The SMILES string of the molecule is C=C[C@@H]1C[C@]1(NC(=O)[C@@H]1C[C@@]2(CN1C(=O)[C@@H](NC(=O)[C@@H](NC(=O)[C@@H]1CCCN(C)C1)C(C)(C)C)C(C)(C)C)C(C)(C)C21CCC1)C(=O)NS(=O)(=O)C1CC1. The van der Waals surface area contributed by atoms with E-state index in [-0.39, 0.29) is 34.5 Å². The first-order valence-electron chi connectivity index (χ1n) is 20.0. The number of likely N-dealkylation sites (tertiary alicyclic amines) is 2. The summed E-state index contributed by atoms with van der Waals surface area (Å²) in [5.74, 6) is -3.06. The largest absolute Gasteiger partial charge is 0.344 e. The van der Waals surface area contributed by atoms with Crippen LogP contribution in [0.4, 0.5) is 0 Å². The van der Waals surface area contributed by atoms with E-state index in [1.807, 2.05) is 48.6 Å². The third-order valence-electron chi connectivity index (χ3n) is 14.5. The smallest absolute Gasteiger partial charge is 0.259 e. The average molecular weight is 773 g/mol. The first-order valence-corrected chi connectivity index (χ1v) is 21.5. The van der Waals surface area contributed by atoms with Crippen LogP contribution in [0.25, 0.3) is 0 Å². The molecular weight excluding hydrogens is 709 g/mol. The summed E-state index contributed by atoms with van der Waals surface area (Å²) in [4.78, 5) is 74.7. The van der Waals surface area contributed by atoms with Gasteiger partial charge in [-0.25, -0.2) is 8.42 Å². The number of rotatable bonds is 11. The van der Waals surface area contributed by atoms with E-state index < -0.39 is 79.3 Å². The minimum Gasteiger partial charge on any atom is -0.344 e. The molecule has 6 aliphatic rings. The first-order chi connectivity index (χ1) is 24.9. The van der Waals surface area contributed by atoms with Gasteiger partial charge < -0.3 is 25.8 Å². The number of piperidine rings is 1. The van der Waals surface area contributed by atoms with Crippen molar-refractivity contribution < 1.29 is 32.4 Å². The highest BCUT2D eigenvalue weighted by Crippen LogP contribution is 2.88. The first kappa shape index (κ1) is 40.7. The van der Waals surface area contributed by atoms with Gasteiger partial charge in [0.15, 0.2) is 0 Å². The summed E-state index contributed by atoms with van der Waals surface area (Å²) >= 11 is 0. The summed E-state index contributed by atoms with van der Waals surface area (Å²) < 4.78 is 27.8. The van der Waals surface area contributed by atoms with Gasteiger partial charge in [-0.1, -0.05) is 67.9 Å². The van der Waals surface area contributed by atoms with Gasteiger partial charge >= 0.3 is 0 Å². The number of amides is 5. The maximum absolute atomic E-state index is 15.0. The normalized spacial score (nSPS) is 32.5. The molecule has 54 heavy (non-hydrogen) atoms. The Kier molecular flexibility index (Phi) is 10.0. The minimum absolute atomic E-state index is 0.0144.